The molecule has 8 aromatic heterocycles. The number of nitrogens with zero attached hydrogens (tertiary/aromatic N) is 13. The smallest absolute Gasteiger partial charge is 0.282 e. The summed E-state index contributed by atoms with van der Waals surface area (Å²) in [6.45, 7) is 32.4. The van der Waals surface area contributed by atoms with Gasteiger partial charge in [0.2, 0.25) is 0 Å². The average molecular weight is 1980 g/mol. The molecule has 40 heteroatoms. The molecule has 0 spiro atoms. The molecule has 17 rings (SSSR count). The van der Waals surface area contributed by atoms with Crippen LogP contribution in [-0.2, 0) is 9.84 Å². The number of thiazole rings is 4. The second kappa shape index (κ2) is 42.4. The van der Waals surface area contributed by atoms with E-state index < -0.39 is 81.5 Å². The summed E-state index contributed by atoms with van der Waals surface area (Å²) < 4.78 is 51.4. The summed E-state index contributed by atoms with van der Waals surface area (Å²) in [6, 6.07) is 8.04. The van der Waals surface area contributed by atoms with E-state index in [0.717, 1.165) is 150 Å². The van der Waals surface area contributed by atoms with Crippen molar-refractivity contribution in [2.24, 2.45) is 5.92 Å². The van der Waals surface area contributed by atoms with Crippen LogP contribution in [0.5, 0.6) is 0 Å². The van der Waals surface area contributed by atoms with Gasteiger partial charge in [-0.3, -0.25) is 38.4 Å². The van der Waals surface area contributed by atoms with Crippen LogP contribution in [0, 0.1) is 33.6 Å². The third-order valence-corrected chi connectivity index (χ3v) is 32.9. The minimum atomic E-state index is -3.20. The standard InChI is InChI=1S/C27H35N5O3S.C25H35N5O3S.C23H31N5O4S2.C22H29F2N5O3S/c1-14-12-22(29-15(2)16-6-7-16)28-13-19(14)24-23(27(35)32-17-8-9-18(32)11-10-17)31-26(36-24)25(34)30-20-4-3-5-21(20)33;1-13(2)27-19-11-14(3)18(12-26-19)21-20(24(32)30-16-7-8-17(30)10-9-16)29-23(34-21)22(31)28-15(4)25(5,6)33;1-13(2)25-18-9-14(3)17(10-24-18)20-19(22(29)28-8-6-7-15(28)4)26-21(33-20)23(30)27-11-16(12-27)34(5,31)32;1-11(2)26-16-6-12(3)15(8-25-16)18-17(21(32)29-10-22(23,24)7-14(29)5)28-20(33-18)19(31)27-13(4)9-30/h12-13,15-18,20-21,33H,3-11H2,1-2H3,(H,28,29)(H,30,34);11-13,15-17,33H,7-10H2,1-6H3,(H,26,27)(H,28,31);9-10,13,15-16H,6-8,11-12H2,1-5H3,(H,24,25);6,8,11,13-14,30H,7,9-10H2,1-5H3,(H,25,26)(H,27,31)/t15-,17?,18?,20+,21+;15-,16?,17?;15-;13-,14+/m1001/s1. The molecule has 0 unspecified atom stereocenters. The number of hydrogen-bond acceptors (Lipinski definition) is 29. The van der Waals surface area contributed by atoms with Gasteiger partial charge in [-0.1, -0.05) is 0 Å². The van der Waals surface area contributed by atoms with Crippen molar-refractivity contribution in [1.82, 2.24) is 80.3 Å². The van der Waals surface area contributed by atoms with Gasteiger partial charge >= 0.3 is 0 Å². The number of amides is 8. The summed E-state index contributed by atoms with van der Waals surface area (Å²) >= 11 is 4.62. The van der Waals surface area contributed by atoms with Crippen LogP contribution in [0.15, 0.2) is 49.1 Å². The number of nitrogens with one attached hydrogen (secondary N) is 7. The molecule has 15 heterocycles. The van der Waals surface area contributed by atoms with Crippen LogP contribution in [0.2, 0.25) is 0 Å². The molecule has 10 N–H and O–H groups in total. The molecule has 4 bridgehead atoms. The first-order valence-corrected chi connectivity index (χ1v) is 53.0. The lowest BCUT2D eigenvalue weighted by Gasteiger charge is -2.37. The van der Waals surface area contributed by atoms with Gasteiger partial charge in [0, 0.05) is 146 Å². The van der Waals surface area contributed by atoms with E-state index in [-0.39, 0.29) is 135 Å². The molecule has 8 amide bonds. The fourth-order valence-electron chi connectivity index (χ4n) is 18.9. The quantitative estimate of drug-likeness (QED) is 0.0229. The Morgan fingerprint density at radius 1 is 0.496 bits per heavy atom. The molecule has 0 radical (unpaired) electrons. The summed E-state index contributed by atoms with van der Waals surface area (Å²) in [6.07, 6.45) is 22.1. The van der Waals surface area contributed by atoms with Crippen LogP contribution in [0.4, 0.5) is 32.1 Å². The molecule has 0 aromatic carbocycles. The highest BCUT2D eigenvalue weighted by molar-refractivity contribution is 7.91. The number of aromatic nitrogens is 8. The summed E-state index contributed by atoms with van der Waals surface area (Å²) in [5, 5.41) is 51.4. The van der Waals surface area contributed by atoms with Crippen molar-refractivity contribution in [3.8, 4) is 41.8 Å². The number of carbonyl (C=O) groups excluding carboxylic acids is 8. The summed E-state index contributed by atoms with van der Waals surface area (Å²) in [4.78, 5) is 153. The first-order valence-electron chi connectivity index (χ1n) is 47.8. The summed E-state index contributed by atoms with van der Waals surface area (Å²) in [7, 11) is -3.20. The van der Waals surface area contributed by atoms with Gasteiger partial charge in [0.15, 0.2) is 29.9 Å². The number of halogens is 2. The van der Waals surface area contributed by atoms with Crippen molar-refractivity contribution in [2.75, 3.05) is 60.3 Å². The Morgan fingerprint density at radius 2 is 0.876 bits per heavy atom. The molecular weight excluding hydrogens is 1850 g/mol. The van der Waals surface area contributed by atoms with Gasteiger partial charge in [-0.25, -0.2) is 57.1 Å². The number of fused-ring (bicyclic) bond motifs is 4. The molecule has 2 saturated carbocycles. The van der Waals surface area contributed by atoms with E-state index in [9.17, 15) is 70.9 Å². The van der Waals surface area contributed by atoms with E-state index in [1.54, 1.807) is 53.2 Å². The molecule has 7 aliphatic heterocycles. The lowest BCUT2D eigenvalue weighted by atomic mass is 10.0. The minimum Gasteiger partial charge on any atom is -0.394 e. The molecule has 7 saturated heterocycles. The SMILES string of the molecule is Cc1cc(NC(C)C)ncc1-c1sc(C(=O)N2CC(S(C)(=O)=O)C2)nc1C(=O)N1CCC[C@@H]1C.Cc1cc(NC(C)C)ncc1-c1sc(C(=O)N[C@@H](C)C(C)(C)O)nc1C(=O)N1C2CCC1CC2.Cc1cc(NC(C)C)ncc1-c1sc(C(=O)N[C@H](C)CO)nc1C(=O)N1CC(F)(F)C[C@@H]1C.Cc1cc(N[C@H](C)C2CC2)ncc1-c1sc(C(=O)N[C@H]2CCC[C@@H]2O)nc1C(=O)N1C2CCC1CC2. The molecule has 7 atom stereocenters. The fourth-order valence-corrected chi connectivity index (χ4v) is 24.0. The van der Waals surface area contributed by atoms with Gasteiger partial charge in [0.25, 0.3) is 53.2 Å². The van der Waals surface area contributed by atoms with Crippen LogP contribution in [0.25, 0.3) is 41.8 Å². The monoisotopic (exact) mass is 1980 g/mol. The molecule has 740 valence electrons. The number of pyridine rings is 4. The van der Waals surface area contributed by atoms with Crippen molar-refractivity contribution in [2.45, 2.75) is 322 Å². The number of carbonyl (C=O) groups is 8. The van der Waals surface area contributed by atoms with Gasteiger partial charge in [0.05, 0.1) is 61.7 Å². The van der Waals surface area contributed by atoms with Gasteiger partial charge < -0.3 is 77.0 Å². The van der Waals surface area contributed by atoms with Crippen LogP contribution >= 0.6 is 45.3 Å². The number of sulfone groups is 1. The van der Waals surface area contributed by atoms with E-state index in [2.05, 4.69) is 97.9 Å². The highest BCUT2D eigenvalue weighted by Gasteiger charge is 2.50. The van der Waals surface area contributed by atoms with E-state index in [1.165, 1.54) is 58.0 Å². The van der Waals surface area contributed by atoms with E-state index in [4.69, 9.17) is 0 Å². The zero-order chi connectivity index (χ0) is 99.0. The Balaban J connectivity index is 0.000000146. The molecule has 9 fully saturated rings. The Labute approximate surface area is 815 Å². The first-order chi connectivity index (χ1) is 64.7. The molecule has 9 aliphatic rings. The van der Waals surface area contributed by atoms with Gasteiger partial charge in [-0.05, 0) is 266 Å². The molecule has 33 nitrogen and oxygen atoms in total. The highest BCUT2D eigenvalue weighted by atomic mass is 32.2. The third kappa shape index (κ3) is 23.8. The van der Waals surface area contributed by atoms with Crippen molar-refractivity contribution in [1.29, 1.82) is 0 Å². The fraction of sp³-hybridized carbons (Fsp3) is 0.588. The second-order valence-electron chi connectivity index (χ2n) is 39.8. The van der Waals surface area contributed by atoms with E-state index in [0.29, 0.717) is 67.2 Å². The number of anilines is 4. The van der Waals surface area contributed by atoms with Crippen LogP contribution in [0.3, 0.4) is 0 Å². The van der Waals surface area contributed by atoms with Crippen LogP contribution < -0.4 is 37.2 Å². The van der Waals surface area contributed by atoms with Crippen molar-refractivity contribution < 1.29 is 70.9 Å². The number of aryl methyl sites for hydroxylation is 4. The summed E-state index contributed by atoms with van der Waals surface area (Å²) in [5.41, 5.74) is 6.47. The Kier molecular flexibility index (Phi) is 31.8. The topological polar surface area (TPSA) is 435 Å². The Bertz CT molecular complexity index is 5910. The van der Waals surface area contributed by atoms with Gasteiger partial charge in [0.1, 0.15) is 46.0 Å². The lowest BCUT2D eigenvalue weighted by Crippen LogP contribution is -2.56. The van der Waals surface area contributed by atoms with Crippen molar-refractivity contribution >= 4 is 126 Å². The molecular formula is C97H130F2N20O13S5. The normalized spacial score (nSPS) is 21.6. The third-order valence-electron chi connectivity index (χ3n) is 27.1. The predicted octanol–water partition coefficient (Wildman–Crippen LogP) is 14.3. The average Bonchev–Trinajstić information content (AvgIpc) is 1.61. The van der Waals surface area contributed by atoms with Crippen molar-refractivity contribution in [3.05, 3.63) is 114 Å². The second-order valence-corrected chi connectivity index (χ2v) is 46.1. The molecule has 8 aromatic rings. The number of aliphatic hydroxyl groups excluding tert-OH is 2. The van der Waals surface area contributed by atoms with E-state index >= 15 is 0 Å². The van der Waals surface area contributed by atoms with Crippen LogP contribution in [-0.4, -0.2) is 276 Å². The number of alkyl halides is 2. The Hall–Kier alpha value is -10.2. The summed E-state index contributed by atoms with van der Waals surface area (Å²) in [5.74, 6) is -1.87. The Morgan fingerprint density at radius 3 is 1.22 bits per heavy atom. The maximum Gasteiger partial charge on any atom is 0.282 e. The predicted molar refractivity (Wildman–Crippen MR) is 530 cm³/mol. The first kappa shape index (κ1) is 103. The largest absolute Gasteiger partial charge is 0.394 e. The molecule has 2 aliphatic carbocycles. The van der Waals surface area contributed by atoms with Crippen LogP contribution in [0.1, 0.15) is 296 Å². The minimum absolute atomic E-state index is 0.0102. The maximum atomic E-state index is 14.0. The van der Waals surface area contributed by atoms with Gasteiger partial charge in [-0.15, -0.1) is 45.3 Å². The highest BCUT2D eigenvalue weighted by Crippen LogP contribution is 2.46. The number of hydrogen-bond donors (Lipinski definition) is 10. The molecule has 137 heavy (non-hydrogen) atoms. The maximum absolute atomic E-state index is 14.0. The van der Waals surface area contributed by atoms with Gasteiger partial charge in [-0.2, -0.15) is 0 Å². The van der Waals surface area contributed by atoms with E-state index in [1.807, 2.05) is 107 Å². The number of likely N-dealkylation sites (tertiary alicyclic amines) is 3. The zero-order valence-corrected chi connectivity index (χ0v) is 85.3. The van der Waals surface area contributed by atoms with Crippen molar-refractivity contribution in [3.63, 3.8) is 0 Å². The lowest BCUT2D eigenvalue weighted by molar-refractivity contribution is 0.0117. The zero-order valence-electron chi connectivity index (χ0n) is 81.2. The number of rotatable bonds is 27. The number of aliphatic hydroxyl groups is 3.